The molecule has 0 bridgehead atoms. The molecule has 3 heterocycles. The molecule has 0 N–H and O–H groups in total. The number of benzene rings is 1. The van der Waals surface area contributed by atoms with Gasteiger partial charge in [0, 0.05) is 44.1 Å². The van der Waals surface area contributed by atoms with Crippen LogP contribution in [0, 0.1) is 0 Å². The van der Waals surface area contributed by atoms with Crippen LogP contribution in [-0.2, 0) is 4.79 Å². The van der Waals surface area contributed by atoms with E-state index in [1.54, 1.807) is 18.4 Å². The van der Waals surface area contributed by atoms with Gasteiger partial charge in [-0.05, 0) is 48.6 Å². The lowest BCUT2D eigenvalue weighted by Gasteiger charge is -2.35. The van der Waals surface area contributed by atoms with E-state index in [0.29, 0.717) is 13.2 Å². The highest BCUT2D eigenvalue weighted by Crippen LogP contribution is 2.34. The molecule has 2 aromatic rings. The van der Waals surface area contributed by atoms with Crippen LogP contribution in [0.25, 0.3) is 0 Å². The average molecular weight is 430 g/mol. The van der Waals surface area contributed by atoms with Gasteiger partial charge in [-0.1, -0.05) is 6.07 Å². The number of ether oxygens (including phenoxy) is 2. The molecule has 2 aliphatic rings. The molecule has 2 saturated heterocycles. The Morgan fingerprint density at radius 1 is 1.03 bits per heavy atom. The van der Waals surface area contributed by atoms with Gasteiger partial charge >= 0.3 is 0 Å². The van der Waals surface area contributed by atoms with Crippen molar-refractivity contribution in [2.24, 2.45) is 0 Å². The smallest absolute Gasteiger partial charge is 0.237 e. The number of hydrogen-bond acceptors (Lipinski definition) is 6. The maximum atomic E-state index is 12.9. The molecule has 2 aliphatic heterocycles. The third kappa shape index (κ3) is 5.33. The Labute approximate surface area is 183 Å². The number of likely N-dealkylation sites (tertiary alicyclic amines) is 1. The van der Waals surface area contributed by atoms with Gasteiger partial charge in [-0.25, -0.2) is 0 Å². The minimum absolute atomic E-state index is 0.280. The number of rotatable bonds is 8. The number of carbonyl (C=O) groups is 1. The molecule has 6 nitrogen and oxygen atoms in total. The fourth-order valence-electron chi connectivity index (χ4n) is 4.26. The first-order valence-electron chi connectivity index (χ1n) is 10.8. The standard InChI is InChI=1S/C23H31N3O3S/c1-28-19-6-8-20(9-7-19)29-16-15-24-11-13-25(14-12-24)18-23(27)26-10-2-4-21(26)22-5-3-17-30-22/h3,5-9,17,21H,2,4,10-16,18H2,1H3. The van der Waals surface area contributed by atoms with Gasteiger partial charge in [0.1, 0.15) is 18.1 Å². The Balaban J connectivity index is 1.17. The van der Waals surface area contributed by atoms with Gasteiger partial charge in [-0.3, -0.25) is 14.6 Å². The molecule has 1 aromatic heterocycles. The molecule has 30 heavy (non-hydrogen) atoms. The van der Waals surface area contributed by atoms with Crippen molar-refractivity contribution in [2.75, 3.05) is 59.5 Å². The number of piperazine rings is 1. The van der Waals surface area contributed by atoms with Crippen LogP contribution in [0.15, 0.2) is 41.8 Å². The van der Waals surface area contributed by atoms with E-state index >= 15 is 0 Å². The molecule has 4 rings (SSSR count). The summed E-state index contributed by atoms with van der Waals surface area (Å²) >= 11 is 1.76. The molecule has 7 heteroatoms. The lowest BCUT2D eigenvalue weighted by atomic mass is 10.2. The Morgan fingerprint density at radius 3 is 2.47 bits per heavy atom. The number of hydrogen-bond donors (Lipinski definition) is 0. The monoisotopic (exact) mass is 429 g/mol. The summed E-state index contributed by atoms with van der Waals surface area (Å²) in [6.45, 7) is 6.84. The van der Waals surface area contributed by atoms with Crippen molar-refractivity contribution in [1.82, 2.24) is 14.7 Å². The highest BCUT2D eigenvalue weighted by molar-refractivity contribution is 7.10. The maximum Gasteiger partial charge on any atom is 0.237 e. The van der Waals surface area contributed by atoms with Crippen molar-refractivity contribution in [2.45, 2.75) is 18.9 Å². The van der Waals surface area contributed by atoms with Crippen LogP contribution >= 0.6 is 11.3 Å². The Hall–Kier alpha value is -2.09. The van der Waals surface area contributed by atoms with Crippen LogP contribution in [0.1, 0.15) is 23.8 Å². The molecule has 0 aliphatic carbocycles. The van der Waals surface area contributed by atoms with Crippen molar-refractivity contribution in [1.29, 1.82) is 0 Å². The quantitative estimate of drug-likeness (QED) is 0.645. The molecule has 0 radical (unpaired) electrons. The van der Waals surface area contributed by atoms with Crippen molar-refractivity contribution < 1.29 is 14.3 Å². The Morgan fingerprint density at radius 2 is 1.77 bits per heavy atom. The van der Waals surface area contributed by atoms with E-state index in [4.69, 9.17) is 9.47 Å². The number of methoxy groups -OCH3 is 1. The third-order valence-electron chi connectivity index (χ3n) is 6.00. The van der Waals surface area contributed by atoms with Crippen LogP contribution in [0.4, 0.5) is 0 Å². The summed E-state index contributed by atoms with van der Waals surface area (Å²) in [5.41, 5.74) is 0. The predicted molar refractivity (Wildman–Crippen MR) is 119 cm³/mol. The molecule has 0 spiro atoms. The molecular weight excluding hydrogens is 398 g/mol. The molecule has 1 unspecified atom stereocenters. The second-order valence-corrected chi connectivity index (χ2v) is 8.88. The lowest BCUT2D eigenvalue weighted by molar-refractivity contribution is -0.133. The molecular formula is C23H31N3O3S. The van der Waals surface area contributed by atoms with E-state index < -0.39 is 0 Å². The number of carbonyl (C=O) groups excluding carboxylic acids is 1. The zero-order valence-corrected chi connectivity index (χ0v) is 18.5. The topological polar surface area (TPSA) is 45.3 Å². The summed E-state index contributed by atoms with van der Waals surface area (Å²) in [5.74, 6) is 1.98. The summed E-state index contributed by atoms with van der Waals surface area (Å²) in [6, 6.07) is 12.2. The summed E-state index contributed by atoms with van der Waals surface area (Å²) in [6.07, 6.45) is 2.20. The zero-order chi connectivity index (χ0) is 20.8. The highest BCUT2D eigenvalue weighted by Gasteiger charge is 2.31. The first-order chi connectivity index (χ1) is 14.7. The van der Waals surface area contributed by atoms with Crippen molar-refractivity contribution in [3.8, 4) is 11.5 Å². The van der Waals surface area contributed by atoms with Gasteiger partial charge in [0.15, 0.2) is 0 Å². The first-order valence-corrected chi connectivity index (χ1v) is 11.7. The van der Waals surface area contributed by atoms with E-state index in [2.05, 4.69) is 32.2 Å². The van der Waals surface area contributed by atoms with Crippen LogP contribution in [0.2, 0.25) is 0 Å². The minimum atomic E-state index is 0.280. The number of thiophene rings is 1. The third-order valence-corrected chi connectivity index (χ3v) is 6.98. The molecule has 162 valence electrons. The normalized spacial score (nSPS) is 20.4. The van der Waals surface area contributed by atoms with Gasteiger partial charge in [-0.15, -0.1) is 11.3 Å². The minimum Gasteiger partial charge on any atom is -0.497 e. The van der Waals surface area contributed by atoms with Crippen LogP contribution < -0.4 is 9.47 Å². The number of nitrogens with zero attached hydrogens (tertiary/aromatic N) is 3. The molecule has 0 saturated carbocycles. The van der Waals surface area contributed by atoms with E-state index in [1.807, 2.05) is 24.3 Å². The average Bonchev–Trinajstić information content (AvgIpc) is 3.47. The molecule has 2 fully saturated rings. The fourth-order valence-corrected chi connectivity index (χ4v) is 5.13. The van der Waals surface area contributed by atoms with E-state index in [1.165, 1.54) is 4.88 Å². The first kappa shape index (κ1) is 21.2. The summed E-state index contributed by atoms with van der Waals surface area (Å²) < 4.78 is 11.0. The second-order valence-electron chi connectivity index (χ2n) is 7.90. The summed E-state index contributed by atoms with van der Waals surface area (Å²) in [5, 5.41) is 2.11. The highest BCUT2D eigenvalue weighted by atomic mass is 32.1. The van der Waals surface area contributed by atoms with Crippen LogP contribution in [0.5, 0.6) is 11.5 Å². The summed E-state index contributed by atoms with van der Waals surface area (Å²) in [7, 11) is 1.66. The van der Waals surface area contributed by atoms with E-state index in [-0.39, 0.29) is 11.9 Å². The van der Waals surface area contributed by atoms with Gasteiger partial charge < -0.3 is 14.4 Å². The molecule has 1 amide bonds. The second kappa shape index (κ2) is 10.3. The zero-order valence-electron chi connectivity index (χ0n) is 17.7. The number of amides is 1. The van der Waals surface area contributed by atoms with Gasteiger partial charge in [0.05, 0.1) is 19.7 Å². The lowest BCUT2D eigenvalue weighted by Crippen LogP contribution is -2.50. The van der Waals surface area contributed by atoms with Crippen molar-refractivity contribution >= 4 is 17.2 Å². The Kier molecular flexibility index (Phi) is 7.25. The molecule has 1 atom stereocenters. The molecule has 1 aromatic carbocycles. The Bertz CT molecular complexity index is 789. The van der Waals surface area contributed by atoms with Gasteiger partial charge in [0.25, 0.3) is 0 Å². The van der Waals surface area contributed by atoms with E-state index in [0.717, 1.165) is 63.6 Å². The van der Waals surface area contributed by atoms with Crippen LogP contribution in [-0.4, -0.2) is 80.1 Å². The predicted octanol–water partition coefficient (Wildman–Crippen LogP) is 3.12. The largest absolute Gasteiger partial charge is 0.497 e. The van der Waals surface area contributed by atoms with E-state index in [9.17, 15) is 4.79 Å². The van der Waals surface area contributed by atoms with Gasteiger partial charge in [-0.2, -0.15) is 0 Å². The fraction of sp³-hybridized carbons (Fsp3) is 0.522. The summed E-state index contributed by atoms with van der Waals surface area (Å²) in [4.78, 5) is 21.1. The van der Waals surface area contributed by atoms with Crippen molar-refractivity contribution in [3.05, 3.63) is 46.7 Å². The van der Waals surface area contributed by atoms with Gasteiger partial charge in [0.2, 0.25) is 5.91 Å². The maximum absolute atomic E-state index is 12.9. The van der Waals surface area contributed by atoms with Crippen LogP contribution in [0.3, 0.4) is 0 Å². The van der Waals surface area contributed by atoms with Crippen molar-refractivity contribution in [3.63, 3.8) is 0 Å². The SMILES string of the molecule is COc1ccc(OCCN2CCN(CC(=O)N3CCCC3c3cccs3)CC2)cc1.